The summed E-state index contributed by atoms with van der Waals surface area (Å²) in [7, 11) is 1.77. The maximum absolute atomic E-state index is 11.2. The Hall–Kier alpha value is -1.93. The molecule has 1 N–H and O–H groups in total. The van der Waals surface area contributed by atoms with Crippen molar-refractivity contribution in [2.24, 2.45) is 7.05 Å². The Bertz CT molecular complexity index is 669. The molecular weight excluding hydrogens is 342 g/mol. The molecule has 1 aromatic heterocycles. The minimum atomic E-state index is -0.889. The normalized spacial score (nSPS) is 12.2. The molecule has 0 aliphatic rings. The highest BCUT2D eigenvalue weighted by molar-refractivity contribution is 9.10. The Morgan fingerprint density at radius 2 is 2.29 bits per heavy atom. The monoisotopic (exact) mass is 355 g/mol. The molecule has 8 heteroatoms. The molecular formula is C13H14BrN3O4. The molecule has 0 aliphatic heterocycles. The van der Waals surface area contributed by atoms with Gasteiger partial charge in [-0.3, -0.25) is 14.8 Å². The number of benzene rings is 1. The van der Waals surface area contributed by atoms with Crippen LogP contribution in [0.2, 0.25) is 0 Å². The zero-order chi connectivity index (χ0) is 15.6. The molecule has 2 rings (SSSR count). The molecule has 0 saturated heterocycles. The minimum absolute atomic E-state index is 0.0591. The number of halogens is 1. The first kappa shape index (κ1) is 15.5. The Balaban J connectivity index is 2.37. The summed E-state index contributed by atoms with van der Waals surface area (Å²) in [5.74, 6) is 0.0591. The van der Waals surface area contributed by atoms with E-state index >= 15 is 0 Å². The molecule has 0 saturated carbocycles. The zero-order valence-electron chi connectivity index (χ0n) is 11.5. The van der Waals surface area contributed by atoms with Crippen molar-refractivity contribution in [1.82, 2.24) is 9.78 Å². The number of aryl methyl sites for hydroxylation is 1. The number of rotatable bonds is 5. The number of ether oxygens (including phenoxy) is 1. The number of nitro groups is 1. The number of nitrogens with zero attached hydrogens (tertiary/aromatic N) is 3. The van der Waals surface area contributed by atoms with Crippen LogP contribution in [-0.2, 0) is 13.7 Å². The van der Waals surface area contributed by atoms with E-state index in [1.165, 1.54) is 13.0 Å². The number of aliphatic hydroxyl groups is 1. The summed E-state index contributed by atoms with van der Waals surface area (Å²) in [6, 6.07) is 4.71. The van der Waals surface area contributed by atoms with E-state index in [4.69, 9.17) is 4.74 Å². The number of hydrogen-bond donors (Lipinski definition) is 1. The van der Waals surface area contributed by atoms with Gasteiger partial charge in [0.15, 0.2) is 0 Å². The van der Waals surface area contributed by atoms with Crippen LogP contribution in [0, 0.1) is 10.1 Å². The SMILES string of the molecule is C[C@@H](O)c1cc(Br)cc([N+](=O)[O-])c1OCc1ccn(C)n1. The molecule has 0 spiro atoms. The van der Waals surface area contributed by atoms with E-state index in [2.05, 4.69) is 21.0 Å². The average Bonchev–Trinajstić information content (AvgIpc) is 2.81. The fourth-order valence-electron chi connectivity index (χ4n) is 1.89. The van der Waals surface area contributed by atoms with Crippen molar-refractivity contribution in [3.05, 3.63) is 50.2 Å². The van der Waals surface area contributed by atoms with Crippen molar-refractivity contribution < 1.29 is 14.8 Å². The largest absolute Gasteiger partial charge is 0.480 e. The van der Waals surface area contributed by atoms with Gasteiger partial charge in [0.05, 0.1) is 16.7 Å². The standard InChI is InChI=1S/C13H14BrN3O4/c1-8(18)11-5-9(14)6-12(17(19)20)13(11)21-7-10-3-4-16(2)15-10/h3-6,8,18H,7H2,1-2H3/t8-/m1/s1. The molecule has 112 valence electrons. The second-order valence-electron chi connectivity index (χ2n) is 4.55. The summed E-state index contributed by atoms with van der Waals surface area (Å²) in [5.41, 5.74) is 0.800. The Morgan fingerprint density at radius 1 is 1.57 bits per heavy atom. The lowest BCUT2D eigenvalue weighted by Crippen LogP contribution is -2.05. The van der Waals surface area contributed by atoms with E-state index < -0.39 is 11.0 Å². The summed E-state index contributed by atoms with van der Waals surface area (Å²) < 4.78 is 7.67. The van der Waals surface area contributed by atoms with Crippen LogP contribution >= 0.6 is 15.9 Å². The summed E-state index contributed by atoms with van der Waals surface area (Å²) in [4.78, 5) is 10.6. The minimum Gasteiger partial charge on any atom is -0.480 e. The Kier molecular flexibility index (Phi) is 4.59. The maximum atomic E-state index is 11.2. The first-order valence-electron chi connectivity index (χ1n) is 6.15. The molecule has 0 aliphatic carbocycles. The van der Waals surface area contributed by atoms with Gasteiger partial charge in [-0.25, -0.2) is 0 Å². The Labute approximate surface area is 129 Å². The van der Waals surface area contributed by atoms with Crippen LogP contribution in [0.4, 0.5) is 5.69 Å². The summed E-state index contributed by atoms with van der Waals surface area (Å²) >= 11 is 3.20. The van der Waals surface area contributed by atoms with Gasteiger partial charge < -0.3 is 9.84 Å². The number of hydrogen-bond acceptors (Lipinski definition) is 5. The first-order valence-corrected chi connectivity index (χ1v) is 6.95. The molecule has 1 heterocycles. The van der Waals surface area contributed by atoms with Crippen molar-refractivity contribution in [3.8, 4) is 5.75 Å². The van der Waals surface area contributed by atoms with Gasteiger partial charge in [-0.2, -0.15) is 5.10 Å². The lowest BCUT2D eigenvalue weighted by Gasteiger charge is -2.13. The third-order valence-electron chi connectivity index (χ3n) is 2.84. The predicted molar refractivity (Wildman–Crippen MR) is 79.0 cm³/mol. The average molecular weight is 356 g/mol. The van der Waals surface area contributed by atoms with Crippen LogP contribution < -0.4 is 4.74 Å². The van der Waals surface area contributed by atoms with Crippen LogP contribution in [0.15, 0.2) is 28.9 Å². The predicted octanol–water partition coefficient (Wildman–Crippen LogP) is 2.72. The highest BCUT2D eigenvalue weighted by Crippen LogP contribution is 2.38. The van der Waals surface area contributed by atoms with Crippen LogP contribution in [-0.4, -0.2) is 19.8 Å². The summed E-state index contributed by atoms with van der Waals surface area (Å²) in [6.45, 7) is 1.61. The van der Waals surface area contributed by atoms with E-state index in [-0.39, 0.29) is 18.0 Å². The third-order valence-corrected chi connectivity index (χ3v) is 3.30. The highest BCUT2D eigenvalue weighted by Gasteiger charge is 2.23. The lowest BCUT2D eigenvalue weighted by atomic mass is 10.1. The molecule has 21 heavy (non-hydrogen) atoms. The fraction of sp³-hybridized carbons (Fsp3) is 0.308. The molecule has 0 fully saturated rings. The van der Waals surface area contributed by atoms with Crippen LogP contribution in [0.3, 0.4) is 0 Å². The van der Waals surface area contributed by atoms with Gasteiger partial charge in [0.25, 0.3) is 0 Å². The van der Waals surface area contributed by atoms with E-state index in [9.17, 15) is 15.2 Å². The second-order valence-corrected chi connectivity index (χ2v) is 5.46. The quantitative estimate of drug-likeness (QED) is 0.657. The van der Waals surface area contributed by atoms with Gasteiger partial charge in [-0.05, 0) is 19.1 Å². The Morgan fingerprint density at radius 3 is 2.81 bits per heavy atom. The van der Waals surface area contributed by atoms with E-state index in [1.807, 2.05) is 0 Å². The van der Waals surface area contributed by atoms with E-state index in [1.54, 1.807) is 30.1 Å². The summed E-state index contributed by atoms with van der Waals surface area (Å²) in [6.07, 6.45) is 0.865. The molecule has 0 radical (unpaired) electrons. The lowest BCUT2D eigenvalue weighted by molar-refractivity contribution is -0.386. The van der Waals surface area contributed by atoms with Crippen molar-refractivity contribution in [2.45, 2.75) is 19.6 Å². The van der Waals surface area contributed by atoms with E-state index in [0.29, 0.717) is 15.7 Å². The van der Waals surface area contributed by atoms with Gasteiger partial charge in [-0.1, -0.05) is 15.9 Å². The topological polar surface area (TPSA) is 90.4 Å². The van der Waals surface area contributed by atoms with Crippen LogP contribution in [0.5, 0.6) is 5.75 Å². The smallest absolute Gasteiger partial charge is 0.312 e. The summed E-state index contributed by atoms with van der Waals surface area (Å²) in [5, 5.41) is 25.1. The number of aromatic nitrogens is 2. The molecule has 0 unspecified atom stereocenters. The van der Waals surface area contributed by atoms with Crippen molar-refractivity contribution in [3.63, 3.8) is 0 Å². The molecule has 1 aromatic carbocycles. The van der Waals surface area contributed by atoms with Crippen molar-refractivity contribution in [2.75, 3.05) is 0 Å². The van der Waals surface area contributed by atoms with Gasteiger partial charge in [0, 0.05) is 29.3 Å². The van der Waals surface area contributed by atoms with Gasteiger partial charge >= 0.3 is 5.69 Å². The van der Waals surface area contributed by atoms with Gasteiger partial charge in [-0.15, -0.1) is 0 Å². The molecule has 0 amide bonds. The van der Waals surface area contributed by atoms with Crippen molar-refractivity contribution >= 4 is 21.6 Å². The van der Waals surface area contributed by atoms with Crippen LogP contribution in [0.25, 0.3) is 0 Å². The number of nitro benzene ring substituents is 1. The van der Waals surface area contributed by atoms with Crippen LogP contribution in [0.1, 0.15) is 24.3 Å². The third kappa shape index (κ3) is 3.59. The second kappa shape index (κ2) is 6.23. The highest BCUT2D eigenvalue weighted by atomic mass is 79.9. The fourth-order valence-corrected chi connectivity index (χ4v) is 2.35. The zero-order valence-corrected chi connectivity index (χ0v) is 13.1. The van der Waals surface area contributed by atoms with Gasteiger partial charge in [0.2, 0.25) is 5.75 Å². The molecule has 1 atom stereocenters. The molecule has 7 nitrogen and oxygen atoms in total. The first-order chi connectivity index (χ1) is 9.88. The maximum Gasteiger partial charge on any atom is 0.312 e. The van der Waals surface area contributed by atoms with Gasteiger partial charge in [0.1, 0.15) is 6.61 Å². The van der Waals surface area contributed by atoms with Crippen molar-refractivity contribution in [1.29, 1.82) is 0 Å². The molecule has 0 bridgehead atoms. The number of aliphatic hydroxyl groups excluding tert-OH is 1. The van der Waals surface area contributed by atoms with E-state index in [0.717, 1.165) is 0 Å². The molecule has 2 aromatic rings.